The number of nitro benzene ring substituents is 1. The van der Waals surface area contributed by atoms with E-state index in [0.29, 0.717) is 11.1 Å². The van der Waals surface area contributed by atoms with Crippen molar-refractivity contribution in [1.29, 1.82) is 0 Å². The maximum atomic E-state index is 12.5. The first-order valence-corrected chi connectivity index (χ1v) is 8.46. The van der Waals surface area contributed by atoms with E-state index in [2.05, 4.69) is 0 Å². The second-order valence-corrected chi connectivity index (χ2v) is 7.31. The van der Waals surface area contributed by atoms with Crippen LogP contribution in [-0.4, -0.2) is 30.5 Å². The molecule has 0 unspecified atom stereocenters. The molecule has 0 amide bonds. The van der Waals surface area contributed by atoms with Crippen LogP contribution in [0, 0.1) is 10.1 Å². The monoisotopic (exact) mass is 348 g/mol. The second-order valence-electron chi connectivity index (χ2n) is 5.27. The Bertz CT molecular complexity index is 876. The molecule has 2 rings (SSSR count). The number of nitro groups is 1. The highest BCUT2D eigenvalue weighted by molar-refractivity contribution is 7.89. The van der Waals surface area contributed by atoms with E-state index >= 15 is 0 Å². The van der Waals surface area contributed by atoms with Gasteiger partial charge >= 0.3 is 0 Å². The van der Waals surface area contributed by atoms with E-state index in [1.54, 1.807) is 6.07 Å². The van der Waals surface area contributed by atoms with Crippen molar-refractivity contribution in [2.75, 3.05) is 7.05 Å². The Kier molecular flexibility index (Phi) is 5.10. The van der Waals surface area contributed by atoms with Gasteiger partial charge in [-0.15, -0.1) is 0 Å². The van der Waals surface area contributed by atoms with Crippen LogP contribution in [0.15, 0.2) is 53.4 Å². The van der Waals surface area contributed by atoms with Crippen LogP contribution in [0.4, 0.5) is 5.69 Å². The zero-order valence-corrected chi connectivity index (χ0v) is 14.0. The molecule has 0 spiro atoms. The zero-order valence-electron chi connectivity index (χ0n) is 13.2. The SMILES string of the molecule is CC(=O)c1ccc(S(=O)(=O)N(C)Cc2cccc([N+](=O)[O-])c2)cc1. The molecule has 7 nitrogen and oxygen atoms in total. The molecule has 0 atom stereocenters. The highest BCUT2D eigenvalue weighted by Gasteiger charge is 2.21. The van der Waals surface area contributed by atoms with Crippen molar-refractivity contribution in [2.24, 2.45) is 0 Å². The van der Waals surface area contributed by atoms with Crippen molar-refractivity contribution in [3.63, 3.8) is 0 Å². The first-order chi connectivity index (χ1) is 11.2. The fourth-order valence-electron chi connectivity index (χ4n) is 2.15. The maximum absolute atomic E-state index is 12.5. The fraction of sp³-hybridized carbons (Fsp3) is 0.188. The molecule has 0 N–H and O–H groups in total. The van der Waals surface area contributed by atoms with Gasteiger partial charge in [0.05, 0.1) is 9.82 Å². The van der Waals surface area contributed by atoms with Gasteiger partial charge in [-0.25, -0.2) is 8.42 Å². The highest BCUT2D eigenvalue weighted by atomic mass is 32.2. The molecule has 0 saturated carbocycles. The molecule has 2 aromatic rings. The summed E-state index contributed by atoms with van der Waals surface area (Å²) in [5.41, 5.74) is 0.843. The third-order valence-electron chi connectivity index (χ3n) is 3.50. The summed E-state index contributed by atoms with van der Waals surface area (Å²) < 4.78 is 26.2. The summed E-state index contributed by atoms with van der Waals surface area (Å²) in [4.78, 5) is 21.6. The lowest BCUT2D eigenvalue weighted by Gasteiger charge is -2.17. The van der Waals surface area contributed by atoms with Crippen molar-refractivity contribution in [3.05, 3.63) is 69.8 Å². The van der Waals surface area contributed by atoms with Gasteiger partial charge in [-0.2, -0.15) is 4.31 Å². The number of rotatable bonds is 6. The predicted octanol–water partition coefficient (Wildman–Crippen LogP) is 2.62. The van der Waals surface area contributed by atoms with Crippen LogP contribution in [0.2, 0.25) is 0 Å². The number of carbonyl (C=O) groups is 1. The molecule has 0 aliphatic rings. The molecule has 8 heteroatoms. The largest absolute Gasteiger partial charge is 0.295 e. The minimum Gasteiger partial charge on any atom is -0.295 e. The van der Waals surface area contributed by atoms with E-state index in [9.17, 15) is 23.3 Å². The molecule has 0 fully saturated rings. The van der Waals surface area contributed by atoms with E-state index in [-0.39, 0.29) is 22.9 Å². The number of Topliss-reactive ketones (excluding diaryl/α,β-unsaturated/α-hetero) is 1. The number of hydrogen-bond acceptors (Lipinski definition) is 5. The minimum atomic E-state index is -3.76. The Hall–Kier alpha value is -2.58. The first kappa shape index (κ1) is 17.8. The lowest BCUT2D eigenvalue weighted by Crippen LogP contribution is -2.26. The Balaban J connectivity index is 2.24. The van der Waals surface area contributed by atoms with Gasteiger partial charge < -0.3 is 0 Å². The number of hydrogen-bond donors (Lipinski definition) is 0. The molecule has 2 aromatic carbocycles. The van der Waals surface area contributed by atoms with E-state index in [4.69, 9.17) is 0 Å². The van der Waals surface area contributed by atoms with Gasteiger partial charge in [-0.05, 0) is 24.6 Å². The Morgan fingerprint density at radius 1 is 1.17 bits per heavy atom. The van der Waals surface area contributed by atoms with Gasteiger partial charge in [0.2, 0.25) is 10.0 Å². The Labute approximate surface area is 139 Å². The summed E-state index contributed by atoms with van der Waals surface area (Å²) in [5, 5.41) is 10.8. The predicted molar refractivity (Wildman–Crippen MR) is 88.2 cm³/mol. The lowest BCUT2D eigenvalue weighted by molar-refractivity contribution is -0.384. The van der Waals surface area contributed by atoms with E-state index in [0.717, 1.165) is 4.31 Å². The summed E-state index contributed by atoms with van der Waals surface area (Å²) in [6, 6.07) is 11.5. The van der Waals surface area contributed by atoms with Crippen LogP contribution in [0.3, 0.4) is 0 Å². The molecule has 0 aliphatic carbocycles. The van der Waals surface area contributed by atoms with Gasteiger partial charge in [-0.1, -0.05) is 24.3 Å². The number of benzene rings is 2. The number of carbonyl (C=O) groups excluding carboxylic acids is 1. The summed E-state index contributed by atoms with van der Waals surface area (Å²) in [5.74, 6) is -0.149. The molecule has 0 bridgehead atoms. The number of ketones is 1. The number of nitrogens with zero attached hydrogens (tertiary/aromatic N) is 2. The van der Waals surface area contributed by atoms with Crippen LogP contribution in [0.25, 0.3) is 0 Å². The third kappa shape index (κ3) is 3.84. The van der Waals surface area contributed by atoms with Gasteiger partial charge in [0.15, 0.2) is 5.78 Å². The van der Waals surface area contributed by atoms with Crippen LogP contribution in [0.5, 0.6) is 0 Å². The molecule has 0 heterocycles. The normalized spacial score (nSPS) is 11.5. The summed E-state index contributed by atoms with van der Waals surface area (Å²) >= 11 is 0. The fourth-order valence-corrected chi connectivity index (χ4v) is 3.31. The van der Waals surface area contributed by atoms with E-state index in [1.807, 2.05) is 0 Å². The first-order valence-electron chi connectivity index (χ1n) is 7.02. The van der Waals surface area contributed by atoms with Gasteiger partial charge in [0.1, 0.15) is 0 Å². The quantitative estimate of drug-likeness (QED) is 0.454. The summed E-state index contributed by atoms with van der Waals surface area (Å²) in [6.07, 6.45) is 0. The minimum absolute atomic E-state index is 0.00151. The van der Waals surface area contributed by atoms with E-state index < -0.39 is 14.9 Å². The second kappa shape index (κ2) is 6.90. The van der Waals surface area contributed by atoms with Crippen molar-refractivity contribution >= 4 is 21.5 Å². The molecule has 126 valence electrons. The van der Waals surface area contributed by atoms with Crippen molar-refractivity contribution in [3.8, 4) is 0 Å². The van der Waals surface area contributed by atoms with Crippen molar-refractivity contribution in [2.45, 2.75) is 18.4 Å². The molecular formula is C16H16N2O5S. The summed E-state index contributed by atoms with van der Waals surface area (Å²) in [7, 11) is -2.36. The molecule has 0 aromatic heterocycles. The number of sulfonamides is 1. The smallest absolute Gasteiger partial charge is 0.269 e. The van der Waals surface area contributed by atoms with Crippen molar-refractivity contribution < 1.29 is 18.1 Å². The lowest BCUT2D eigenvalue weighted by atomic mass is 10.2. The maximum Gasteiger partial charge on any atom is 0.269 e. The van der Waals surface area contributed by atoms with Crippen molar-refractivity contribution in [1.82, 2.24) is 4.31 Å². The average molecular weight is 348 g/mol. The summed E-state index contributed by atoms with van der Waals surface area (Å²) in [6.45, 7) is 1.40. The highest BCUT2D eigenvalue weighted by Crippen LogP contribution is 2.20. The van der Waals surface area contributed by atoms with Crippen LogP contribution in [0.1, 0.15) is 22.8 Å². The van der Waals surface area contributed by atoms with E-state index in [1.165, 1.54) is 56.4 Å². The topological polar surface area (TPSA) is 97.6 Å². The number of non-ortho nitro benzene ring substituents is 1. The molecular weight excluding hydrogens is 332 g/mol. The van der Waals surface area contributed by atoms with Crippen LogP contribution < -0.4 is 0 Å². The molecule has 0 saturated heterocycles. The molecule has 0 radical (unpaired) electrons. The molecule has 0 aliphatic heterocycles. The standard InChI is InChI=1S/C16H16N2O5S/c1-12(19)14-6-8-16(9-7-14)24(22,23)17(2)11-13-4-3-5-15(10-13)18(20)21/h3-10H,11H2,1-2H3. The Morgan fingerprint density at radius 2 is 1.79 bits per heavy atom. The van der Waals surface area contributed by atoms with Gasteiger partial charge in [0.25, 0.3) is 5.69 Å². The zero-order chi connectivity index (χ0) is 17.9. The van der Waals surface area contributed by atoms with Crippen LogP contribution in [-0.2, 0) is 16.6 Å². The van der Waals surface area contributed by atoms with Gasteiger partial charge in [0, 0.05) is 31.3 Å². The average Bonchev–Trinajstić information content (AvgIpc) is 2.55. The Morgan fingerprint density at radius 3 is 2.33 bits per heavy atom. The third-order valence-corrected chi connectivity index (χ3v) is 5.31. The van der Waals surface area contributed by atoms with Gasteiger partial charge in [-0.3, -0.25) is 14.9 Å². The van der Waals surface area contributed by atoms with Crippen LogP contribution >= 0.6 is 0 Å². The molecule has 24 heavy (non-hydrogen) atoms.